The largest absolute Gasteiger partial charge is 0.360 e. The van der Waals surface area contributed by atoms with Gasteiger partial charge in [-0.25, -0.2) is 21.6 Å². The number of aromatic amines is 1. The number of halogens is 3. The fourth-order valence-corrected chi connectivity index (χ4v) is 3.43. The number of nitriles is 1. The maximum absolute atomic E-state index is 13.6. The van der Waals surface area contributed by atoms with Gasteiger partial charge in [0.1, 0.15) is 10.7 Å². The quantitative estimate of drug-likeness (QED) is 0.710. The van der Waals surface area contributed by atoms with Crippen LogP contribution >= 0.6 is 0 Å². The normalized spacial score (nSPS) is 11.4. The van der Waals surface area contributed by atoms with Gasteiger partial charge in [-0.3, -0.25) is 4.72 Å². The van der Waals surface area contributed by atoms with Crippen molar-refractivity contribution in [3.8, 4) is 6.07 Å². The van der Waals surface area contributed by atoms with E-state index < -0.39 is 33.2 Å². The van der Waals surface area contributed by atoms with E-state index >= 15 is 0 Å². The van der Waals surface area contributed by atoms with Crippen LogP contribution in [0.2, 0.25) is 0 Å². The molecular formula is C15H8F3N3O2S. The van der Waals surface area contributed by atoms with Crippen molar-refractivity contribution in [3.63, 3.8) is 0 Å². The highest BCUT2D eigenvalue weighted by molar-refractivity contribution is 7.93. The van der Waals surface area contributed by atoms with Crippen molar-refractivity contribution in [3.05, 3.63) is 59.5 Å². The molecule has 0 saturated carbocycles. The van der Waals surface area contributed by atoms with E-state index in [-0.39, 0.29) is 16.3 Å². The Morgan fingerprint density at radius 1 is 1.04 bits per heavy atom. The molecule has 0 radical (unpaired) electrons. The van der Waals surface area contributed by atoms with Crippen LogP contribution in [-0.2, 0) is 10.0 Å². The zero-order valence-corrected chi connectivity index (χ0v) is 12.6. The summed E-state index contributed by atoms with van der Waals surface area (Å²) in [6.07, 6.45) is 1.16. The van der Waals surface area contributed by atoms with Gasteiger partial charge in [0.25, 0.3) is 10.0 Å². The van der Waals surface area contributed by atoms with Gasteiger partial charge in [0.2, 0.25) is 0 Å². The minimum Gasteiger partial charge on any atom is -0.360 e. The van der Waals surface area contributed by atoms with Gasteiger partial charge in [0.05, 0.1) is 17.3 Å². The zero-order valence-electron chi connectivity index (χ0n) is 11.8. The van der Waals surface area contributed by atoms with Crippen molar-refractivity contribution >= 4 is 26.6 Å². The Labute approximate surface area is 134 Å². The van der Waals surface area contributed by atoms with E-state index in [1.165, 1.54) is 18.2 Å². The second-order valence-electron chi connectivity index (χ2n) is 4.88. The number of nitrogens with one attached hydrogen (secondary N) is 2. The maximum Gasteiger partial charge on any atom is 0.264 e. The third kappa shape index (κ3) is 2.68. The Balaban J connectivity index is 2.06. The van der Waals surface area contributed by atoms with E-state index in [9.17, 15) is 21.6 Å². The summed E-state index contributed by atoms with van der Waals surface area (Å²) in [6.45, 7) is 0. The number of sulfonamides is 1. The van der Waals surface area contributed by atoms with E-state index in [1.807, 2.05) is 10.8 Å². The number of fused-ring (bicyclic) bond motifs is 1. The molecule has 1 aromatic heterocycles. The Kier molecular flexibility index (Phi) is 3.69. The summed E-state index contributed by atoms with van der Waals surface area (Å²) in [5, 5.41) is 9.10. The van der Waals surface area contributed by atoms with Crippen LogP contribution in [0, 0.1) is 28.8 Å². The van der Waals surface area contributed by atoms with Gasteiger partial charge in [-0.15, -0.1) is 0 Å². The van der Waals surface area contributed by atoms with Crippen molar-refractivity contribution in [2.24, 2.45) is 0 Å². The lowest BCUT2D eigenvalue weighted by atomic mass is 10.2. The topological polar surface area (TPSA) is 85.8 Å². The van der Waals surface area contributed by atoms with Crippen molar-refractivity contribution in [1.29, 1.82) is 5.26 Å². The number of rotatable bonds is 3. The average Bonchev–Trinajstić information content (AvgIpc) is 2.96. The van der Waals surface area contributed by atoms with Gasteiger partial charge in [0, 0.05) is 29.2 Å². The van der Waals surface area contributed by atoms with Crippen LogP contribution in [0.1, 0.15) is 5.56 Å². The number of nitrogens with zero attached hydrogens (tertiary/aromatic N) is 1. The monoisotopic (exact) mass is 351 g/mol. The highest BCUT2D eigenvalue weighted by atomic mass is 32.2. The van der Waals surface area contributed by atoms with Crippen molar-refractivity contribution in [2.45, 2.75) is 4.90 Å². The van der Waals surface area contributed by atoms with Crippen molar-refractivity contribution in [1.82, 2.24) is 4.98 Å². The fraction of sp³-hybridized carbons (Fsp3) is 0. The molecule has 5 nitrogen and oxygen atoms in total. The molecule has 2 N–H and O–H groups in total. The molecule has 0 aliphatic heterocycles. The number of hydrogen-bond acceptors (Lipinski definition) is 3. The zero-order chi connectivity index (χ0) is 17.5. The highest BCUT2D eigenvalue weighted by Crippen LogP contribution is 2.27. The van der Waals surface area contributed by atoms with E-state index in [4.69, 9.17) is 5.26 Å². The van der Waals surface area contributed by atoms with Crippen molar-refractivity contribution < 1.29 is 21.6 Å². The summed E-state index contributed by atoms with van der Waals surface area (Å²) in [6, 6.07) is 6.88. The van der Waals surface area contributed by atoms with Crippen molar-refractivity contribution in [2.75, 3.05) is 4.72 Å². The molecular weight excluding hydrogens is 343 g/mol. The summed E-state index contributed by atoms with van der Waals surface area (Å²) in [4.78, 5) is 2.48. The third-order valence-corrected chi connectivity index (χ3v) is 4.72. The molecule has 0 saturated heterocycles. The third-order valence-electron chi connectivity index (χ3n) is 3.32. The van der Waals surface area contributed by atoms with Gasteiger partial charge >= 0.3 is 0 Å². The lowest BCUT2D eigenvalue weighted by molar-refractivity contribution is 0.496. The molecule has 122 valence electrons. The SMILES string of the molecule is N#Cc1ccc2c(S(=O)(=O)Nc3cc(F)c(F)cc3F)c[nH]c2c1. The van der Waals surface area contributed by atoms with Gasteiger partial charge < -0.3 is 4.98 Å². The first kappa shape index (κ1) is 15.9. The van der Waals surface area contributed by atoms with Gasteiger partial charge in [-0.05, 0) is 12.1 Å². The van der Waals surface area contributed by atoms with Crippen LogP contribution < -0.4 is 4.72 Å². The summed E-state index contributed by atoms with van der Waals surface area (Å²) in [5.74, 6) is -4.05. The molecule has 2 aromatic carbocycles. The molecule has 0 atom stereocenters. The standard InChI is InChI=1S/C15H8F3N3O2S/c16-10-4-12(18)14(5-11(10)17)21-24(22,23)15-7-20-13-3-8(6-19)1-2-9(13)15/h1-5,7,20-21H. The Hall–Kier alpha value is -2.99. The number of H-pyrrole nitrogens is 1. The summed E-state index contributed by atoms with van der Waals surface area (Å²) in [5.41, 5.74) is 0.00462. The van der Waals surface area contributed by atoms with Crippen LogP contribution in [-0.4, -0.2) is 13.4 Å². The number of hydrogen-bond donors (Lipinski definition) is 2. The molecule has 0 unspecified atom stereocenters. The lowest BCUT2D eigenvalue weighted by Crippen LogP contribution is -2.14. The van der Waals surface area contributed by atoms with Gasteiger partial charge in [0.15, 0.2) is 11.6 Å². The Morgan fingerprint density at radius 3 is 2.46 bits per heavy atom. The van der Waals surface area contributed by atoms with Crippen LogP contribution in [0.15, 0.2) is 41.4 Å². The minimum atomic E-state index is -4.26. The Bertz CT molecular complexity index is 1100. The minimum absolute atomic E-state index is 0.217. The lowest BCUT2D eigenvalue weighted by Gasteiger charge is -2.08. The highest BCUT2D eigenvalue weighted by Gasteiger charge is 2.22. The molecule has 0 fully saturated rings. The van der Waals surface area contributed by atoms with Crippen LogP contribution in [0.5, 0.6) is 0 Å². The van der Waals surface area contributed by atoms with Crippen LogP contribution in [0.25, 0.3) is 10.9 Å². The number of anilines is 1. The molecule has 3 rings (SSSR count). The maximum atomic E-state index is 13.6. The molecule has 0 amide bonds. The smallest absolute Gasteiger partial charge is 0.264 e. The first-order valence-electron chi connectivity index (χ1n) is 6.50. The van der Waals surface area contributed by atoms with Crippen LogP contribution in [0.3, 0.4) is 0 Å². The van der Waals surface area contributed by atoms with Gasteiger partial charge in [-0.2, -0.15) is 5.26 Å². The molecule has 0 bridgehead atoms. The second kappa shape index (κ2) is 5.58. The number of aromatic nitrogens is 1. The van der Waals surface area contributed by atoms with E-state index in [0.29, 0.717) is 17.1 Å². The molecule has 0 spiro atoms. The predicted molar refractivity (Wildman–Crippen MR) is 80.1 cm³/mol. The second-order valence-corrected chi connectivity index (χ2v) is 6.53. The molecule has 3 aromatic rings. The first-order chi connectivity index (χ1) is 11.3. The summed E-state index contributed by atoms with van der Waals surface area (Å²) >= 11 is 0. The molecule has 24 heavy (non-hydrogen) atoms. The fourth-order valence-electron chi connectivity index (χ4n) is 2.19. The first-order valence-corrected chi connectivity index (χ1v) is 7.99. The van der Waals surface area contributed by atoms with Gasteiger partial charge in [-0.1, -0.05) is 6.07 Å². The molecule has 9 heteroatoms. The van der Waals surface area contributed by atoms with E-state index in [1.54, 1.807) is 0 Å². The summed E-state index contributed by atoms with van der Waals surface area (Å²) < 4.78 is 66.4. The molecule has 0 aliphatic rings. The van der Waals surface area contributed by atoms with E-state index in [0.717, 1.165) is 6.20 Å². The predicted octanol–water partition coefficient (Wildman–Crippen LogP) is 3.26. The molecule has 1 heterocycles. The van der Waals surface area contributed by atoms with Crippen LogP contribution in [0.4, 0.5) is 18.9 Å². The molecule has 0 aliphatic carbocycles. The average molecular weight is 351 g/mol. The summed E-state index contributed by atoms with van der Waals surface area (Å²) in [7, 11) is -4.26. The van der Waals surface area contributed by atoms with E-state index in [2.05, 4.69) is 4.98 Å². The number of benzene rings is 2. The Morgan fingerprint density at radius 2 is 1.75 bits per heavy atom.